The highest BCUT2D eigenvalue weighted by Gasteiger charge is 2.18. The van der Waals surface area contributed by atoms with Gasteiger partial charge >= 0.3 is 0 Å². The Morgan fingerprint density at radius 3 is 2.89 bits per heavy atom. The van der Waals surface area contributed by atoms with Crippen molar-refractivity contribution in [2.75, 3.05) is 32.9 Å². The Balaban J connectivity index is 1.95. The monoisotopic (exact) mass is 274 g/mol. The first kappa shape index (κ1) is 16.4. The minimum Gasteiger partial charge on any atom is -0.389 e. The Morgan fingerprint density at radius 2 is 2.26 bits per heavy atom. The van der Waals surface area contributed by atoms with Crippen LogP contribution in [0, 0.1) is 0 Å². The van der Waals surface area contributed by atoms with Crippen LogP contribution in [0.4, 0.5) is 0 Å². The molecule has 3 N–H and O–H groups in total. The number of carbonyl (C=O) groups excluding carboxylic acids is 1. The summed E-state index contributed by atoms with van der Waals surface area (Å²) >= 11 is 0. The Morgan fingerprint density at radius 1 is 1.47 bits per heavy atom. The van der Waals surface area contributed by atoms with Crippen molar-refractivity contribution in [3.63, 3.8) is 0 Å². The average molecular weight is 274 g/mol. The number of hydrogen-bond acceptors (Lipinski definition) is 5. The molecule has 6 heteroatoms. The second kappa shape index (κ2) is 9.25. The number of nitrogens with one attached hydrogen (secondary N) is 2. The normalized spacial score (nSPS) is 21.5. The highest BCUT2D eigenvalue weighted by molar-refractivity contribution is 5.76. The third-order valence-corrected chi connectivity index (χ3v) is 2.90. The molecule has 1 aliphatic heterocycles. The topological polar surface area (TPSA) is 79.8 Å². The molecule has 0 spiro atoms. The van der Waals surface area contributed by atoms with E-state index in [0.717, 1.165) is 6.42 Å². The van der Waals surface area contributed by atoms with Gasteiger partial charge in [-0.1, -0.05) is 0 Å². The molecule has 112 valence electrons. The summed E-state index contributed by atoms with van der Waals surface area (Å²) in [5.74, 6) is 0.104. The molecule has 0 aliphatic carbocycles. The molecule has 0 saturated carbocycles. The first-order valence-corrected chi connectivity index (χ1v) is 6.95. The molecule has 0 bridgehead atoms. The SMILES string of the molecule is CC(C)OCCOCC(O)CNC1CCC(=O)NC1. The Bertz CT molecular complexity index is 251. The number of aliphatic hydroxyl groups excluding tert-OH is 1. The number of ether oxygens (including phenoxy) is 2. The van der Waals surface area contributed by atoms with E-state index in [0.29, 0.717) is 39.3 Å². The van der Waals surface area contributed by atoms with Crippen LogP contribution in [-0.2, 0) is 14.3 Å². The summed E-state index contributed by atoms with van der Waals surface area (Å²) in [7, 11) is 0. The molecular weight excluding hydrogens is 248 g/mol. The van der Waals surface area contributed by atoms with E-state index >= 15 is 0 Å². The second-order valence-electron chi connectivity index (χ2n) is 5.10. The van der Waals surface area contributed by atoms with E-state index in [9.17, 15) is 9.90 Å². The zero-order valence-corrected chi connectivity index (χ0v) is 11.9. The van der Waals surface area contributed by atoms with Crippen LogP contribution in [0.15, 0.2) is 0 Å². The van der Waals surface area contributed by atoms with Gasteiger partial charge in [0.05, 0.1) is 32.0 Å². The molecule has 19 heavy (non-hydrogen) atoms. The minimum absolute atomic E-state index is 0.104. The molecule has 1 rings (SSSR count). The van der Waals surface area contributed by atoms with E-state index in [2.05, 4.69) is 10.6 Å². The summed E-state index contributed by atoms with van der Waals surface area (Å²) in [5.41, 5.74) is 0. The molecule has 6 nitrogen and oxygen atoms in total. The molecule has 0 aromatic rings. The van der Waals surface area contributed by atoms with Crippen LogP contribution >= 0.6 is 0 Å². The second-order valence-corrected chi connectivity index (χ2v) is 5.10. The van der Waals surface area contributed by atoms with Crippen LogP contribution in [0.2, 0.25) is 0 Å². The Hall–Kier alpha value is -0.690. The fourth-order valence-electron chi connectivity index (χ4n) is 1.83. The van der Waals surface area contributed by atoms with Crippen molar-refractivity contribution in [1.82, 2.24) is 10.6 Å². The summed E-state index contributed by atoms with van der Waals surface area (Å²) < 4.78 is 10.6. The molecule has 1 amide bonds. The third-order valence-electron chi connectivity index (χ3n) is 2.90. The molecule has 1 aliphatic rings. The maximum atomic E-state index is 11.0. The summed E-state index contributed by atoms with van der Waals surface area (Å²) in [6, 6.07) is 0.247. The van der Waals surface area contributed by atoms with Crippen molar-refractivity contribution in [2.24, 2.45) is 0 Å². The average Bonchev–Trinajstić information content (AvgIpc) is 2.37. The molecule has 1 heterocycles. The zero-order valence-electron chi connectivity index (χ0n) is 11.9. The predicted molar refractivity (Wildman–Crippen MR) is 71.9 cm³/mol. The number of amides is 1. The lowest BCUT2D eigenvalue weighted by atomic mass is 10.1. The molecule has 1 saturated heterocycles. The molecular formula is C13H26N2O4. The Labute approximate surface area is 114 Å². The summed E-state index contributed by atoms with van der Waals surface area (Å²) in [6.07, 6.45) is 1.05. The van der Waals surface area contributed by atoms with Crippen LogP contribution in [0.1, 0.15) is 26.7 Å². The van der Waals surface area contributed by atoms with Gasteiger partial charge in [0.25, 0.3) is 0 Å². The standard InChI is InChI=1S/C13H26N2O4/c1-10(2)19-6-5-18-9-12(16)8-14-11-3-4-13(17)15-7-11/h10-12,14,16H,3-9H2,1-2H3,(H,15,17). The fourth-order valence-corrected chi connectivity index (χ4v) is 1.83. The van der Waals surface area contributed by atoms with Crippen LogP contribution in [0.25, 0.3) is 0 Å². The van der Waals surface area contributed by atoms with Crippen molar-refractivity contribution in [3.05, 3.63) is 0 Å². The first-order chi connectivity index (χ1) is 9.08. The number of hydrogen-bond donors (Lipinski definition) is 3. The molecule has 2 unspecified atom stereocenters. The van der Waals surface area contributed by atoms with Crippen molar-refractivity contribution in [2.45, 2.75) is 44.9 Å². The number of piperidine rings is 1. The number of carbonyl (C=O) groups is 1. The molecule has 0 aromatic carbocycles. The Kier molecular flexibility index (Phi) is 7.97. The number of aliphatic hydroxyl groups is 1. The van der Waals surface area contributed by atoms with Crippen LogP contribution in [-0.4, -0.2) is 62.2 Å². The van der Waals surface area contributed by atoms with Gasteiger partial charge in [0.15, 0.2) is 0 Å². The van der Waals surface area contributed by atoms with Crippen molar-refractivity contribution in [3.8, 4) is 0 Å². The largest absolute Gasteiger partial charge is 0.389 e. The van der Waals surface area contributed by atoms with Crippen LogP contribution in [0.3, 0.4) is 0 Å². The van der Waals surface area contributed by atoms with Crippen LogP contribution in [0.5, 0.6) is 0 Å². The highest BCUT2D eigenvalue weighted by atomic mass is 16.5. The van der Waals surface area contributed by atoms with Gasteiger partial charge in [-0.3, -0.25) is 4.79 Å². The maximum Gasteiger partial charge on any atom is 0.220 e. The smallest absolute Gasteiger partial charge is 0.220 e. The zero-order chi connectivity index (χ0) is 14.1. The third kappa shape index (κ3) is 8.15. The summed E-state index contributed by atoms with van der Waals surface area (Å²) in [4.78, 5) is 11.0. The first-order valence-electron chi connectivity index (χ1n) is 6.95. The lowest BCUT2D eigenvalue weighted by Gasteiger charge is -2.24. The quantitative estimate of drug-likeness (QED) is 0.501. The van der Waals surface area contributed by atoms with Crippen LogP contribution < -0.4 is 10.6 Å². The lowest BCUT2D eigenvalue weighted by molar-refractivity contribution is -0.122. The van der Waals surface area contributed by atoms with Gasteiger partial charge in [0, 0.05) is 25.6 Å². The van der Waals surface area contributed by atoms with Crippen molar-refractivity contribution < 1.29 is 19.4 Å². The van der Waals surface area contributed by atoms with Gasteiger partial charge in [-0.15, -0.1) is 0 Å². The maximum absolute atomic E-state index is 11.0. The summed E-state index contributed by atoms with van der Waals surface area (Å²) in [5, 5.41) is 15.7. The fraction of sp³-hybridized carbons (Fsp3) is 0.923. The molecule has 0 radical (unpaired) electrons. The number of rotatable bonds is 9. The molecule has 1 fully saturated rings. The van der Waals surface area contributed by atoms with Gasteiger partial charge in [-0.05, 0) is 20.3 Å². The highest BCUT2D eigenvalue weighted by Crippen LogP contribution is 2.02. The predicted octanol–water partition coefficient (Wildman–Crippen LogP) is -0.343. The van der Waals surface area contributed by atoms with Gasteiger partial charge in [-0.2, -0.15) is 0 Å². The van der Waals surface area contributed by atoms with E-state index in [4.69, 9.17) is 9.47 Å². The van der Waals surface area contributed by atoms with Gasteiger partial charge in [0.2, 0.25) is 5.91 Å². The summed E-state index contributed by atoms with van der Waals surface area (Å²) in [6.45, 7) is 6.40. The van der Waals surface area contributed by atoms with Gasteiger partial charge in [0.1, 0.15) is 0 Å². The van der Waals surface area contributed by atoms with Gasteiger partial charge in [-0.25, -0.2) is 0 Å². The lowest BCUT2D eigenvalue weighted by Crippen LogP contribution is -2.48. The van der Waals surface area contributed by atoms with Crippen molar-refractivity contribution in [1.29, 1.82) is 0 Å². The minimum atomic E-state index is -0.531. The van der Waals surface area contributed by atoms with E-state index < -0.39 is 6.10 Å². The van der Waals surface area contributed by atoms with E-state index in [-0.39, 0.29) is 18.1 Å². The van der Waals surface area contributed by atoms with Crippen molar-refractivity contribution >= 4 is 5.91 Å². The van der Waals surface area contributed by atoms with E-state index in [1.54, 1.807) is 0 Å². The molecule has 0 aromatic heterocycles. The van der Waals surface area contributed by atoms with Gasteiger partial charge < -0.3 is 25.2 Å². The van der Waals surface area contributed by atoms with E-state index in [1.807, 2.05) is 13.8 Å². The molecule has 2 atom stereocenters. The van der Waals surface area contributed by atoms with E-state index in [1.165, 1.54) is 0 Å².